The third kappa shape index (κ3) is 5.01. The summed E-state index contributed by atoms with van der Waals surface area (Å²) in [6, 6.07) is 10.7. The second-order valence-corrected chi connectivity index (χ2v) is 8.61. The molecule has 0 atom stereocenters. The van der Waals surface area contributed by atoms with Gasteiger partial charge in [-0.15, -0.1) is 5.10 Å². The largest absolute Gasteiger partial charge is 0.324 e. The lowest BCUT2D eigenvalue weighted by atomic mass is 10.2. The van der Waals surface area contributed by atoms with Crippen molar-refractivity contribution in [1.29, 1.82) is 0 Å². The van der Waals surface area contributed by atoms with Gasteiger partial charge in [-0.1, -0.05) is 50.9 Å². The van der Waals surface area contributed by atoms with E-state index in [1.54, 1.807) is 18.2 Å². The molecule has 0 radical (unpaired) electrons. The Morgan fingerprint density at radius 1 is 1.19 bits per heavy atom. The third-order valence-electron chi connectivity index (χ3n) is 3.19. The summed E-state index contributed by atoms with van der Waals surface area (Å²) < 4.78 is 1.68. The van der Waals surface area contributed by atoms with E-state index >= 15 is 0 Å². The van der Waals surface area contributed by atoms with Gasteiger partial charge in [-0.3, -0.25) is 9.89 Å². The molecule has 10 heteroatoms. The van der Waals surface area contributed by atoms with Crippen molar-refractivity contribution in [3.8, 4) is 11.4 Å². The Morgan fingerprint density at radius 2 is 2.00 bits per heavy atom. The fourth-order valence-corrected chi connectivity index (χ4v) is 3.83. The number of benzene rings is 2. The Bertz CT molecular complexity index is 967. The summed E-state index contributed by atoms with van der Waals surface area (Å²) in [5.41, 5.74) is 1.38. The molecule has 0 fully saturated rings. The number of nitrogens with one attached hydrogen (secondary N) is 2. The minimum Gasteiger partial charge on any atom is -0.324 e. The first-order chi connectivity index (χ1) is 12.4. The number of rotatable bonds is 5. The van der Waals surface area contributed by atoms with Gasteiger partial charge in [0.05, 0.1) is 16.5 Å². The van der Waals surface area contributed by atoms with Crippen molar-refractivity contribution in [3.05, 3.63) is 55.4 Å². The van der Waals surface area contributed by atoms with Gasteiger partial charge in [0.15, 0.2) is 5.82 Å². The number of aromatic amines is 1. The predicted molar refractivity (Wildman–Crippen MR) is 113 cm³/mol. The molecular weight excluding hydrogens is 527 g/mol. The van der Waals surface area contributed by atoms with E-state index in [1.165, 1.54) is 11.8 Å². The Morgan fingerprint density at radius 3 is 2.77 bits per heavy atom. The number of hydrogen-bond donors (Lipinski definition) is 2. The van der Waals surface area contributed by atoms with E-state index in [9.17, 15) is 4.79 Å². The van der Waals surface area contributed by atoms with Crippen LogP contribution in [0.5, 0.6) is 0 Å². The quantitative estimate of drug-likeness (QED) is 0.390. The second kappa shape index (κ2) is 8.75. The second-order valence-electron chi connectivity index (χ2n) is 5.05. The van der Waals surface area contributed by atoms with Crippen LogP contribution in [0.2, 0.25) is 10.0 Å². The average Bonchev–Trinajstić information content (AvgIpc) is 3.05. The molecule has 1 heterocycles. The molecule has 0 unspecified atom stereocenters. The zero-order chi connectivity index (χ0) is 18.7. The number of H-pyrrole nitrogens is 1. The first-order valence-corrected chi connectivity index (χ1v) is 10.5. The number of amides is 1. The molecule has 26 heavy (non-hydrogen) atoms. The van der Waals surface area contributed by atoms with Gasteiger partial charge in [0.25, 0.3) is 0 Å². The lowest BCUT2D eigenvalue weighted by Gasteiger charge is -2.07. The van der Waals surface area contributed by atoms with Crippen LogP contribution in [-0.4, -0.2) is 26.8 Å². The average molecular weight is 537 g/mol. The maximum absolute atomic E-state index is 12.1. The molecule has 0 bridgehead atoms. The van der Waals surface area contributed by atoms with E-state index in [-0.39, 0.29) is 11.7 Å². The van der Waals surface area contributed by atoms with Gasteiger partial charge >= 0.3 is 0 Å². The lowest BCUT2D eigenvalue weighted by Crippen LogP contribution is -2.14. The molecule has 2 N–H and O–H groups in total. The summed E-state index contributed by atoms with van der Waals surface area (Å²) in [5.74, 6) is 0.527. The highest BCUT2D eigenvalue weighted by Crippen LogP contribution is 2.29. The first-order valence-electron chi connectivity index (χ1n) is 7.18. The number of aromatic nitrogens is 3. The molecule has 2 aromatic carbocycles. The Hall–Kier alpha value is -1.06. The molecular formula is C16H10Br2Cl2N4OS. The Kier molecular flexibility index (Phi) is 6.63. The topological polar surface area (TPSA) is 70.7 Å². The van der Waals surface area contributed by atoms with Crippen LogP contribution in [-0.2, 0) is 4.79 Å². The van der Waals surface area contributed by atoms with Crippen molar-refractivity contribution in [2.75, 3.05) is 11.1 Å². The third-order valence-corrected chi connectivity index (χ3v) is 5.77. The van der Waals surface area contributed by atoms with Gasteiger partial charge in [-0.25, -0.2) is 4.98 Å². The van der Waals surface area contributed by atoms with Gasteiger partial charge in [-0.05, 0) is 52.3 Å². The Balaban J connectivity index is 1.62. The van der Waals surface area contributed by atoms with Crippen molar-refractivity contribution in [1.82, 2.24) is 15.2 Å². The summed E-state index contributed by atoms with van der Waals surface area (Å²) in [5, 5.41) is 11.2. The van der Waals surface area contributed by atoms with E-state index in [4.69, 9.17) is 23.2 Å². The van der Waals surface area contributed by atoms with Crippen LogP contribution in [0, 0.1) is 0 Å². The predicted octanol–water partition coefficient (Wildman–Crippen LogP) is 6.03. The van der Waals surface area contributed by atoms with Crippen molar-refractivity contribution in [2.24, 2.45) is 0 Å². The molecule has 0 aliphatic carbocycles. The fourth-order valence-electron chi connectivity index (χ4n) is 2.02. The summed E-state index contributed by atoms with van der Waals surface area (Å²) in [6.07, 6.45) is 0. The maximum atomic E-state index is 12.1. The summed E-state index contributed by atoms with van der Waals surface area (Å²) in [6.45, 7) is 0. The van der Waals surface area contributed by atoms with Crippen LogP contribution in [0.25, 0.3) is 11.4 Å². The normalized spacial score (nSPS) is 10.8. The molecule has 5 nitrogen and oxygen atoms in total. The molecule has 0 saturated carbocycles. The van der Waals surface area contributed by atoms with Crippen LogP contribution in [0.3, 0.4) is 0 Å². The first kappa shape index (κ1) is 19.7. The van der Waals surface area contributed by atoms with Gasteiger partial charge in [0, 0.05) is 19.5 Å². The summed E-state index contributed by atoms with van der Waals surface area (Å²) in [4.78, 5) is 16.5. The van der Waals surface area contributed by atoms with Crippen LogP contribution < -0.4 is 5.32 Å². The van der Waals surface area contributed by atoms with Gasteiger partial charge in [0.2, 0.25) is 11.1 Å². The van der Waals surface area contributed by atoms with E-state index < -0.39 is 0 Å². The highest BCUT2D eigenvalue weighted by molar-refractivity contribution is 9.11. The molecule has 134 valence electrons. The highest BCUT2D eigenvalue weighted by Gasteiger charge is 2.12. The van der Waals surface area contributed by atoms with Crippen LogP contribution in [0.1, 0.15) is 0 Å². The van der Waals surface area contributed by atoms with Gasteiger partial charge in [-0.2, -0.15) is 0 Å². The molecule has 1 amide bonds. The number of nitrogens with zero attached hydrogens (tertiary/aromatic N) is 2. The molecule has 3 aromatic rings. The SMILES string of the molecule is O=C(CSc1n[nH]c(-c2ccc(Cl)cc2Cl)n1)Nc1cc(Br)ccc1Br. The van der Waals surface area contributed by atoms with E-state index in [0.29, 0.717) is 32.3 Å². The molecule has 0 aliphatic rings. The molecule has 0 saturated heterocycles. The zero-order valence-corrected chi connectivity index (χ0v) is 18.4. The molecule has 3 rings (SSSR count). The number of halogens is 4. The molecule has 1 aromatic heterocycles. The molecule has 0 aliphatic heterocycles. The lowest BCUT2D eigenvalue weighted by molar-refractivity contribution is -0.113. The van der Waals surface area contributed by atoms with Gasteiger partial charge in [0.1, 0.15) is 0 Å². The van der Waals surface area contributed by atoms with E-state index in [1.807, 2.05) is 18.2 Å². The van der Waals surface area contributed by atoms with Crippen LogP contribution in [0.15, 0.2) is 50.5 Å². The van der Waals surface area contributed by atoms with E-state index in [2.05, 4.69) is 52.4 Å². The van der Waals surface area contributed by atoms with Crippen molar-refractivity contribution in [3.63, 3.8) is 0 Å². The maximum Gasteiger partial charge on any atom is 0.234 e. The number of carbonyl (C=O) groups excluding carboxylic acids is 1. The zero-order valence-electron chi connectivity index (χ0n) is 12.9. The number of hydrogen-bond acceptors (Lipinski definition) is 4. The van der Waals surface area contributed by atoms with Crippen molar-refractivity contribution >= 4 is 78.4 Å². The monoisotopic (exact) mass is 534 g/mol. The standard InChI is InChI=1S/C16H10Br2Cl2N4OS/c17-8-1-4-11(18)13(5-8)21-14(25)7-26-16-22-15(23-24-16)10-3-2-9(19)6-12(10)20/h1-6H,7H2,(H,21,25)(H,22,23,24). The smallest absolute Gasteiger partial charge is 0.234 e. The van der Waals surface area contributed by atoms with Crippen LogP contribution in [0.4, 0.5) is 5.69 Å². The number of carbonyl (C=O) groups is 1. The number of anilines is 1. The summed E-state index contributed by atoms with van der Waals surface area (Å²) >= 11 is 20.1. The molecule has 0 spiro atoms. The van der Waals surface area contributed by atoms with Crippen molar-refractivity contribution in [2.45, 2.75) is 5.16 Å². The van der Waals surface area contributed by atoms with Crippen LogP contribution >= 0.6 is 66.8 Å². The van der Waals surface area contributed by atoms with E-state index in [0.717, 1.165) is 8.95 Å². The number of thioether (sulfide) groups is 1. The summed E-state index contributed by atoms with van der Waals surface area (Å²) in [7, 11) is 0. The highest BCUT2D eigenvalue weighted by atomic mass is 79.9. The Labute approximate surface area is 180 Å². The van der Waals surface area contributed by atoms with Crippen molar-refractivity contribution < 1.29 is 4.79 Å². The minimum atomic E-state index is -0.162. The fraction of sp³-hybridized carbons (Fsp3) is 0.0625. The van der Waals surface area contributed by atoms with Gasteiger partial charge < -0.3 is 5.32 Å². The minimum absolute atomic E-state index is 0.162.